The van der Waals surface area contributed by atoms with Gasteiger partial charge < -0.3 is 10.2 Å². The predicted molar refractivity (Wildman–Crippen MR) is 114 cm³/mol. The van der Waals surface area contributed by atoms with Crippen molar-refractivity contribution in [3.63, 3.8) is 0 Å². The molecule has 0 aliphatic heterocycles. The zero-order valence-electron chi connectivity index (χ0n) is 14.3. The number of rotatable bonds is 4. The van der Waals surface area contributed by atoms with Crippen LogP contribution in [0.5, 0.6) is 11.5 Å². The molecule has 10 heteroatoms. The summed E-state index contributed by atoms with van der Waals surface area (Å²) in [5.41, 5.74) is -0.463. The molecular weight excluding hydrogens is 482 g/mol. The summed E-state index contributed by atoms with van der Waals surface area (Å²) in [4.78, 5) is 0. The van der Waals surface area contributed by atoms with Crippen LogP contribution in [0, 0.1) is 0 Å². The van der Waals surface area contributed by atoms with Crippen molar-refractivity contribution in [1.82, 2.24) is 0 Å². The Morgan fingerprint density at radius 1 is 0.759 bits per heavy atom. The summed E-state index contributed by atoms with van der Waals surface area (Å²) in [6.07, 6.45) is 0. The number of aromatic hydroxyl groups is 2. The molecule has 0 heterocycles. The first-order valence-electron chi connectivity index (χ1n) is 7.89. The molecule has 0 aliphatic carbocycles. The van der Waals surface area contributed by atoms with Crippen LogP contribution in [0.4, 0.5) is 0 Å². The SMILES string of the molecule is O=S(=O)(O)C(c1cccc(O)c1)(c1cc(Cl)c(Cl)cc1Cl)c1cccc(O)c1Cl. The van der Waals surface area contributed by atoms with Gasteiger partial charge in [0.05, 0.1) is 15.1 Å². The molecule has 152 valence electrons. The van der Waals surface area contributed by atoms with Gasteiger partial charge in [0, 0.05) is 16.1 Å². The molecule has 0 bridgehead atoms. The molecule has 1 atom stereocenters. The molecule has 0 spiro atoms. The van der Waals surface area contributed by atoms with Crippen LogP contribution >= 0.6 is 46.4 Å². The molecule has 0 aromatic heterocycles. The fourth-order valence-electron chi connectivity index (χ4n) is 3.19. The van der Waals surface area contributed by atoms with Crippen LogP contribution in [0.3, 0.4) is 0 Å². The standard InChI is InChI=1S/C19H12Cl4O5S/c20-14-9-16(22)15(21)8-13(14)19(29(26,27)28,10-3-1-4-11(24)7-10)12-5-2-6-17(25)18(12)23/h1-9,24-25H,(H,26,27,28). The smallest absolute Gasteiger partial charge is 0.283 e. The van der Waals surface area contributed by atoms with Gasteiger partial charge in [0.2, 0.25) is 0 Å². The third-order valence-electron chi connectivity index (χ3n) is 4.39. The Hall–Kier alpha value is -1.67. The zero-order valence-corrected chi connectivity index (χ0v) is 18.1. The summed E-state index contributed by atoms with van der Waals surface area (Å²) < 4.78 is 34.0. The minimum absolute atomic E-state index is 0.0319. The molecule has 0 fully saturated rings. The van der Waals surface area contributed by atoms with Gasteiger partial charge in [0.15, 0.2) is 4.75 Å². The van der Waals surface area contributed by atoms with Crippen molar-refractivity contribution in [3.05, 3.63) is 91.4 Å². The highest BCUT2D eigenvalue weighted by molar-refractivity contribution is 7.87. The topological polar surface area (TPSA) is 94.8 Å². The Morgan fingerprint density at radius 2 is 1.38 bits per heavy atom. The lowest BCUT2D eigenvalue weighted by molar-refractivity contribution is 0.455. The lowest BCUT2D eigenvalue weighted by atomic mass is 9.83. The second-order valence-electron chi connectivity index (χ2n) is 6.09. The fourth-order valence-corrected chi connectivity index (χ4v) is 5.58. The van der Waals surface area contributed by atoms with Gasteiger partial charge in [0.25, 0.3) is 10.1 Å². The van der Waals surface area contributed by atoms with E-state index in [4.69, 9.17) is 46.4 Å². The molecule has 5 nitrogen and oxygen atoms in total. The normalized spacial score (nSPS) is 13.8. The average molecular weight is 494 g/mol. The van der Waals surface area contributed by atoms with Crippen molar-refractivity contribution in [2.45, 2.75) is 4.75 Å². The van der Waals surface area contributed by atoms with E-state index >= 15 is 0 Å². The molecular formula is C19H12Cl4O5S. The Morgan fingerprint density at radius 3 is 2.00 bits per heavy atom. The van der Waals surface area contributed by atoms with Gasteiger partial charge >= 0.3 is 0 Å². The summed E-state index contributed by atoms with van der Waals surface area (Å²) in [5.74, 6) is -0.698. The van der Waals surface area contributed by atoms with Gasteiger partial charge in [-0.05, 0) is 35.9 Å². The van der Waals surface area contributed by atoms with Gasteiger partial charge in [0.1, 0.15) is 11.5 Å². The van der Waals surface area contributed by atoms with Gasteiger partial charge in [-0.2, -0.15) is 8.42 Å². The van der Waals surface area contributed by atoms with Crippen molar-refractivity contribution < 1.29 is 23.2 Å². The van der Waals surface area contributed by atoms with Crippen molar-refractivity contribution in [3.8, 4) is 11.5 Å². The van der Waals surface area contributed by atoms with E-state index in [1.807, 2.05) is 0 Å². The number of phenols is 2. The van der Waals surface area contributed by atoms with Crippen molar-refractivity contribution >= 4 is 56.5 Å². The van der Waals surface area contributed by atoms with Crippen LogP contribution in [-0.2, 0) is 14.9 Å². The quantitative estimate of drug-likeness (QED) is 0.239. The molecule has 3 rings (SSSR count). The first kappa shape index (κ1) is 22.0. The minimum atomic E-state index is -5.09. The van der Waals surface area contributed by atoms with Crippen LogP contribution in [0.25, 0.3) is 0 Å². The molecule has 3 aromatic carbocycles. The lowest BCUT2D eigenvalue weighted by Gasteiger charge is -2.34. The fraction of sp³-hybridized carbons (Fsp3) is 0.0526. The van der Waals surface area contributed by atoms with Crippen molar-refractivity contribution in [1.29, 1.82) is 0 Å². The molecule has 0 saturated heterocycles. The van der Waals surface area contributed by atoms with E-state index in [-0.39, 0.29) is 42.5 Å². The van der Waals surface area contributed by atoms with Crippen LogP contribution in [0.2, 0.25) is 20.1 Å². The highest BCUT2D eigenvalue weighted by Gasteiger charge is 2.51. The van der Waals surface area contributed by atoms with Gasteiger partial charge in [-0.25, -0.2) is 0 Å². The van der Waals surface area contributed by atoms with Gasteiger partial charge in [-0.1, -0.05) is 70.7 Å². The maximum Gasteiger partial charge on any atom is 0.283 e. The highest BCUT2D eigenvalue weighted by Crippen LogP contribution is 2.51. The predicted octanol–water partition coefficient (Wildman–Crippen LogP) is 5.89. The van der Waals surface area contributed by atoms with E-state index in [2.05, 4.69) is 0 Å². The van der Waals surface area contributed by atoms with E-state index in [1.165, 1.54) is 48.5 Å². The first-order chi connectivity index (χ1) is 13.5. The van der Waals surface area contributed by atoms with Crippen molar-refractivity contribution in [2.75, 3.05) is 0 Å². The summed E-state index contributed by atoms with van der Waals surface area (Å²) in [7, 11) is -5.09. The van der Waals surface area contributed by atoms with E-state index in [0.29, 0.717) is 0 Å². The number of benzene rings is 3. The second kappa shape index (κ2) is 7.87. The Kier molecular flexibility index (Phi) is 5.98. The monoisotopic (exact) mass is 492 g/mol. The van der Waals surface area contributed by atoms with Gasteiger partial charge in [-0.15, -0.1) is 0 Å². The average Bonchev–Trinajstić information content (AvgIpc) is 2.62. The molecule has 0 saturated carbocycles. The molecule has 3 aromatic rings. The Labute approximate surface area is 186 Å². The third kappa shape index (κ3) is 3.65. The lowest BCUT2D eigenvalue weighted by Crippen LogP contribution is -2.39. The molecule has 0 amide bonds. The van der Waals surface area contributed by atoms with Crippen molar-refractivity contribution in [2.24, 2.45) is 0 Å². The largest absolute Gasteiger partial charge is 0.508 e. The maximum atomic E-state index is 13.0. The maximum absolute atomic E-state index is 13.0. The minimum Gasteiger partial charge on any atom is -0.508 e. The Bertz CT molecular complexity index is 1210. The highest BCUT2D eigenvalue weighted by atomic mass is 35.5. The molecule has 1 unspecified atom stereocenters. The van der Waals surface area contributed by atoms with E-state index in [1.54, 1.807) is 0 Å². The van der Waals surface area contributed by atoms with Gasteiger partial charge in [-0.3, -0.25) is 4.55 Å². The third-order valence-corrected chi connectivity index (χ3v) is 7.27. The van der Waals surface area contributed by atoms with E-state index in [0.717, 1.165) is 6.07 Å². The van der Waals surface area contributed by atoms with Crippen LogP contribution < -0.4 is 0 Å². The zero-order chi connectivity index (χ0) is 21.6. The second-order valence-corrected chi connectivity index (χ2v) is 9.25. The summed E-state index contributed by atoms with van der Waals surface area (Å²) in [6, 6.07) is 11.5. The molecule has 3 N–H and O–H groups in total. The first-order valence-corrected chi connectivity index (χ1v) is 10.8. The van der Waals surface area contributed by atoms with Crippen LogP contribution in [0.15, 0.2) is 54.6 Å². The number of phenolic OH excluding ortho intramolecular Hbond substituents is 2. The number of hydrogen-bond donors (Lipinski definition) is 3. The number of halogens is 4. The summed E-state index contributed by atoms with van der Waals surface area (Å²) in [6.45, 7) is 0. The number of hydrogen-bond acceptors (Lipinski definition) is 4. The van der Waals surface area contributed by atoms with E-state index in [9.17, 15) is 23.2 Å². The van der Waals surface area contributed by atoms with E-state index < -0.39 is 20.6 Å². The molecule has 29 heavy (non-hydrogen) atoms. The van der Waals surface area contributed by atoms with Crippen LogP contribution in [-0.4, -0.2) is 23.2 Å². The molecule has 0 radical (unpaired) electrons. The Balaban J connectivity index is 2.63. The summed E-state index contributed by atoms with van der Waals surface area (Å²) in [5, 5.41) is 19.6. The summed E-state index contributed by atoms with van der Waals surface area (Å²) >= 11 is 24.7. The van der Waals surface area contributed by atoms with Crippen LogP contribution in [0.1, 0.15) is 16.7 Å². The molecule has 0 aliphatic rings.